The number of aromatic nitrogens is 2. The van der Waals surface area contributed by atoms with Crippen molar-refractivity contribution in [3.05, 3.63) is 78.1 Å². The monoisotopic (exact) mass is 305 g/mol. The molecule has 4 aromatic rings. The molecule has 0 saturated carbocycles. The highest BCUT2D eigenvalue weighted by Crippen LogP contribution is 2.21. The minimum absolute atomic E-state index is 0.960. The van der Waals surface area contributed by atoms with E-state index in [0.29, 0.717) is 0 Å². The summed E-state index contributed by atoms with van der Waals surface area (Å²) in [5, 5.41) is 2.62. The number of thioether (sulfide) groups is 1. The average Bonchev–Trinajstić information content (AvgIpc) is 2.97. The Hall–Kier alpha value is -2.26. The van der Waals surface area contributed by atoms with Crippen molar-refractivity contribution in [3.63, 3.8) is 0 Å². The van der Waals surface area contributed by atoms with Gasteiger partial charge in [-0.2, -0.15) is 0 Å². The number of H-pyrrole nitrogens is 2. The Kier molecular flexibility index (Phi) is 3.57. The SMILES string of the molecule is c1ccc2cc(CSCc3[nH]c4ccccc4[nH+]3)ccc2c1. The molecule has 0 aliphatic carbocycles. The van der Waals surface area contributed by atoms with Gasteiger partial charge in [-0.1, -0.05) is 54.6 Å². The minimum atomic E-state index is 0.960. The Bertz CT molecular complexity index is 894. The van der Waals surface area contributed by atoms with Gasteiger partial charge in [0.25, 0.3) is 5.82 Å². The van der Waals surface area contributed by atoms with Gasteiger partial charge in [-0.3, -0.25) is 0 Å². The fourth-order valence-electron chi connectivity index (χ4n) is 2.73. The molecule has 0 fully saturated rings. The van der Waals surface area contributed by atoms with E-state index in [1.807, 2.05) is 11.8 Å². The van der Waals surface area contributed by atoms with E-state index >= 15 is 0 Å². The number of hydrogen-bond acceptors (Lipinski definition) is 1. The van der Waals surface area contributed by atoms with Crippen LogP contribution in [-0.4, -0.2) is 4.98 Å². The summed E-state index contributed by atoms with van der Waals surface area (Å²) in [6.45, 7) is 0. The Labute approximate surface area is 133 Å². The number of fused-ring (bicyclic) bond motifs is 2. The van der Waals surface area contributed by atoms with Crippen LogP contribution in [-0.2, 0) is 11.5 Å². The van der Waals surface area contributed by atoms with Crippen LogP contribution >= 0.6 is 11.8 Å². The molecule has 0 unspecified atom stereocenters. The van der Waals surface area contributed by atoms with Crippen molar-refractivity contribution in [1.82, 2.24) is 4.98 Å². The lowest BCUT2D eigenvalue weighted by atomic mass is 10.1. The second kappa shape index (κ2) is 5.85. The van der Waals surface area contributed by atoms with Crippen LogP contribution in [0.1, 0.15) is 11.4 Å². The molecule has 0 atom stereocenters. The first-order chi connectivity index (χ1) is 10.9. The summed E-state index contributed by atoms with van der Waals surface area (Å²) >= 11 is 1.92. The number of hydrogen-bond donors (Lipinski definition) is 1. The van der Waals surface area contributed by atoms with Crippen LogP contribution in [0, 0.1) is 0 Å². The van der Waals surface area contributed by atoms with Gasteiger partial charge in [-0.05, 0) is 28.5 Å². The van der Waals surface area contributed by atoms with E-state index < -0.39 is 0 Å². The Balaban J connectivity index is 1.45. The van der Waals surface area contributed by atoms with E-state index in [4.69, 9.17) is 0 Å². The smallest absolute Gasteiger partial charge is 0.240 e. The molecule has 3 heteroatoms. The van der Waals surface area contributed by atoms with E-state index in [1.165, 1.54) is 33.2 Å². The van der Waals surface area contributed by atoms with Gasteiger partial charge in [-0.15, -0.1) is 11.8 Å². The fourth-order valence-corrected chi connectivity index (χ4v) is 3.59. The Morgan fingerprint density at radius 3 is 2.55 bits per heavy atom. The number of nitrogens with one attached hydrogen (secondary N) is 2. The summed E-state index contributed by atoms with van der Waals surface area (Å²) < 4.78 is 0. The third-order valence-electron chi connectivity index (χ3n) is 3.83. The van der Waals surface area contributed by atoms with E-state index in [0.717, 1.165) is 11.5 Å². The van der Waals surface area contributed by atoms with Crippen molar-refractivity contribution in [1.29, 1.82) is 0 Å². The maximum atomic E-state index is 3.44. The normalized spacial score (nSPS) is 11.3. The van der Waals surface area contributed by atoms with Crippen molar-refractivity contribution in [2.24, 2.45) is 0 Å². The second-order valence-corrected chi connectivity index (χ2v) is 6.43. The molecule has 0 saturated heterocycles. The quantitative estimate of drug-likeness (QED) is 0.588. The van der Waals surface area contributed by atoms with Gasteiger partial charge in [0.15, 0.2) is 11.0 Å². The van der Waals surface area contributed by atoms with Crippen LogP contribution in [0.3, 0.4) is 0 Å². The largest absolute Gasteiger partial charge is 0.263 e. The molecule has 3 aromatic carbocycles. The lowest BCUT2D eigenvalue weighted by Crippen LogP contribution is -2.05. The molecule has 0 aliphatic heterocycles. The first-order valence-electron chi connectivity index (χ1n) is 7.43. The minimum Gasteiger partial charge on any atom is -0.240 e. The molecule has 0 spiro atoms. The van der Waals surface area contributed by atoms with Crippen molar-refractivity contribution in [2.45, 2.75) is 11.5 Å². The Morgan fingerprint density at radius 1 is 0.818 bits per heavy atom. The summed E-state index contributed by atoms with van der Waals surface area (Å²) in [6.07, 6.45) is 0. The number of rotatable bonds is 4. The van der Waals surface area contributed by atoms with Gasteiger partial charge in [0.1, 0.15) is 0 Å². The van der Waals surface area contributed by atoms with Crippen molar-refractivity contribution in [3.8, 4) is 0 Å². The van der Waals surface area contributed by atoms with Crippen molar-refractivity contribution in [2.75, 3.05) is 0 Å². The maximum absolute atomic E-state index is 3.44. The first-order valence-corrected chi connectivity index (χ1v) is 8.58. The molecule has 2 N–H and O–H groups in total. The maximum Gasteiger partial charge on any atom is 0.263 e. The average molecular weight is 305 g/mol. The molecule has 0 amide bonds. The molecule has 22 heavy (non-hydrogen) atoms. The molecule has 0 aliphatic rings. The number of imidazole rings is 1. The van der Waals surface area contributed by atoms with Gasteiger partial charge < -0.3 is 0 Å². The van der Waals surface area contributed by atoms with Gasteiger partial charge in [0.2, 0.25) is 0 Å². The van der Waals surface area contributed by atoms with Gasteiger partial charge in [0, 0.05) is 5.75 Å². The number of para-hydroxylation sites is 2. The molecule has 0 bridgehead atoms. The zero-order valence-electron chi connectivity index (χ0n) is 12.2. The molecule has 0 radical (unpaired) electrons. The summed E-state index contributed by atoms with van der Waals surface area (Å²) in [5.41, 5.74) is 3.72. The summed E-state index contributed by atoms with van der Waals surface area (Å²) in [5.74, 6) is 3.15. The lowest BCUT2D eigenvalue weighted by molar-refractivity contribution is -0.355. The van der Waals surface area contributed by atoms with E-state index in [1.54, 1.807) is 0 Å². The molecule has 1 heterocycles. The van der Waals surface area contributed by atoms with Crippen molar-refractivity contribution >= 4 is 33.6 Å². The van der Waals surface area contributed by atoms with Crippen molar-refractivity contribution < 1.29 is 4.98 Å². The highest BCUT2D eigenvalue weighted by Gasteiger charge is 2.08. The summed E-state index contributed by atoms with van der Waals surface area (Å²) in [6, 6.07) is 23.5. The van der Waals surface area contributed by atoms with E-state index in [2.05, 4.69) is 76.7 Å². The van der Waals surface area contributed by atoms with Gasteiger partial charge in [-0.25, -0.2) is 9.97 Å². The topological polar surface area (TPSA) is 29.9 Å². The number of aromatic amines is 2. The van der Waals surface area contributed by atoms with Crippen LogP contribution in [0.5, 0.6) is 0 Å². The standard InChI is InChI=1S/C19H16N2S/c1-2-6-16-11-14(9-10-15(16)5-1)12-22-13-19-20-17-7-3-4-8-18(17)21-19/h1-11H,12-13H2,(H,20,21)/p+1. The zero-order chi connectivity index (χ0) is 14.8. The summed E-state index contributed by atoms with van der Waals surface area (Å²) in [4.78, 5) is 6.87. The molecule has 108 valence electrons. The van der Waals surface area contributed by atoms with Gasteiger partial charge >= 0.3 is 0 Å². The fraction of sp³-hybridized carbons (Fsp3) is 0.105. The molecule has 1 aromatic heterocycles. The van der Waals surface area contributed by atoms with E-state index in [9.17, 15) is 0 Å². The Morgan fingerprint density at radius 2 is 1.64 bits per heavy atom. The third-order valence-corrected chi connectivity index (χ3v) is 4.86. The highest BCUT2D eigenvalue weighted by atomic mass is 32.2. The van der Waals surface area contributed by atoms with Crippen LogP contribution in [0.25, 0.3) is 21.8 Å². The second-order valence-electron chi connectivity index (χ2n) is 5.45. The molecule has 4 rings (SSSR count). The van der Waals surface area contributed by atoms with Gasteiger partial charge in [0.05, 0.1) is 5.75 Å². The summed E-state index contributed by atoms with van der Waals surface area (Å²) in [7, 11) is 0. The van der Waals surface area contributed by atoms with Crippen LogP contribution in [0.4, 0.5) is 0 Å². The molecular formula is C19H17N2S+. The lowest BCUT2D eigenvalue weighted by Gasteiger charge is -2.02. The number of benzene rings is 3. The highest BCUT2D eigenvalue weighted by molar-refractivity contribution is 7.97. The zero-order valence-corrected chi connectivity index (χ0v) is 13.0. The predicted octanol–water partition coefficient (Wildman–Crippen LogP) is 4.57. The molecule has 2 nitrogen and oxygen atoms in total. The van der Waals surface area contributed by atoms with E-state index in [-0.39, 0.29) is 0 Å². The molecular weight excluding hydrogens is 288 g/mol. The first kappa shape index (κ1) is 13.4. The van der Waals surface area contributed by atoms with Crippen LogP contribution < -0.4 is 4.98 Å². The predicted molar refractivity (Wildman–Crippen MR) is 93.8 cm³/mol. The van der Waals surface area contributed by atoms with Crippen LogP contribution in [0.15, 0.2) is 66.7 Å². The van der Waals surface area contributed by atoms with Crippen LogP contribution in [0.2, 0.25) is 0 Å². The third kappa shape index (κ3) is 2.72.